The summed E-state index contributed by atoms with van der Waals surface area (Å²) >= 11 is 0. The maximum Gasteiger partial charge on any atom is 0.164 e. The van der Waals surface area contributed by atoms with Gasteiger partial charge in [0.1, 0.15) is 0 Å². The number of hydrogen-bond donors (Lipinski definition) is 0. The third kappa shape index (κ3) is 5.72. The molecule has 0 radical (unpaired) electrons. The highest BCUT2D eigenvalue weighted by Gasteiger charge is 2.46. The molecule has 7 aromatic carbocycles. The minimum Gasteiger partial charge on any atom is -0.208 e. The van der Waals surface area contributed by atoms with E-state index in [0.717, 1.165) is 50.1 Å². The largest absolute Gasteiger partial charge is 0.208 e. The number of fused-ring (bicyclic) bond motifs is 3. The summed E-state index contributed by atoms with van der Waals surface area (Å²) in [7, 11) is -1.48. The molecule has 0 amide bonds. The van der Waals surface area contributed by atoms with E-state index in [9.17, 15) is 1.37 Å². The van der Waals surface area contributed by atoms with Crippen LogP contribution in [0.5, 0.6) is 0 Å². The molecule has 0 atom stereocenters. The number of aromatic nitrogens is 3. The summed E-state index contributed by atoms with van der Waals surface area (Å²) in [5, 5.41) is 1.38. The molecule has 0 aliphatic heterocycles. The van der Waals surface area contributed by atoms with Crippen LogP contribution in [0.1, 0.15) is 27.7 Å². The Bertz CT molecular complexity index is 2750. The van der Waals surface area contributed by atoms with E-state index < -0.39 is 13.5 Å². The van der Waals surface area contributed by atoms with Crippen molar-refractivity contribution in [2.24, 2.45) is 0 Å². The molecule has 1 heterocycles. The van der Waals surface area contributed by atoms with Crippen LogP contribution >= 0.6 is 0 Å². The number of rotatable bonds is 7. The lowest BCUT2D eigenvalue weighted by molar-refractivity contribution is 0.769. The first-order valence-electron chi connectivity index (χ1n) is 20.0. The van der Waals surface area contributed by atoms with E-state index >= 15 is 0 Å². The van der Waals surface area contributed by atoms with Gasteiger partial charge in [-0.3, -0.25) is 0 Å². The van der Waals surface area contributed by atoms with Gasteiger partial charge >= 0.3 is 0 Å². The van der Waals surface area contributed by atoms with Gasteiger partial charge in [0.2, 0.25) is 0 Å². The third-order valence-corrected chi connectivity index (χ3v) is 12.4. The van der Waals surface area contributed by atoms with Gasteiger partial charge in [-0.1, -0.05) is 201 Å². The highest BCUT2D eigenvalue weighted by molar-refractivity contribution is 6.88. The minimum atomic E-state index is -1.48. The maximum absolute atomic E-state index is 9.34. The highest BCUT2D eigenvalue weighted by Crippen LogP contribution is 2.56. The van der Waals surface area contributed by atoms with Gasteiger partial charge in [-0.2, -0.15) is 0 Å². The molecule has 0 fully saturated rings. The molecule has 0 bridgehead atoms. The summed E-state index contributed by atoms with van der Waals surface area (Å²) in [6.45, 7) is 7.02. The normalized spacial score (nSPS) is 14.0. The van der Waals surface area contributed by atoms with Crippen molar-refractivity contribution in [2.75, 3.05) is 0 Å². The van der Waals surface area contributed by atoms with E-state index in [0.29, 0.717) is 28.6 Å². The van der Waals surface area contributed by atoms with Crippen molar-refractivity contribution in [2.45, 2.75) is 25.1 Å². The van der Waals surface area contributed by atoms with E-state index in [1.807, 2.05) is 91.0 Å². The fourth-order valence-corrected chi connectivity index (χ4v) is 8.77. The molecule has 4 heteroatoms. The van der Waals surface area contributed by atoms with Gasteiger partial charge in [0, 0.05) is 16.7 Å². The quantitative estimate of drug-likeness (QED) is 0.155. The van der Waals surface area contributed by atoms with E-state index in [1.165, 1.54) is 5.19 Å². The number of benzene rings is 7. The van der Waals surface area contributed by atoms with Crippen LogP contribution in [0, 0.1) is 0 Å². The van der Waals surface area contributed by atoms with Crippen molar-refractivity contribution in [1.82, 2.24) is 15.0 Å². The molecule has 0 spiro atoms. The van der Waals surface area contributed by atoms with Crippen molar-refractivity contribution in [1.29, 1.82) is 0 Å². The smallest absolute Gasteiger partial charge is 0.164 e. The predicted octanol–water partition coefficient (Wildman–Crippen LogP) is 11.4. The molecule has 254 valence electrons. The third-order valence-electron chi connectivity index (χ3n) is 10.3. The first kappa shape index (κ1) is 28.4. The predicted molar refractivity (Wildman–Crippen MR) is 222 cm³/mol. The lowest BCUT2D eigenvalue weighted by atomic mass is 9.67. The second-order valence-corrected chi connectivity index (χ2v) is 19.6. The summed E-state index contributed by atoms with van der Waals surface area (Å²) in [6, 6.07) is 52.7. The number of hydrogen-bond acceptors (Lipinski definition) is 3. The van der Waals surface area contributed by atoms with Gasteiger partial charge in [0.15, 0.2) is 17.5 Å². The van der Waals surface area contributed by atoms with Crippen molar-refractivity contribution < 1.29 is 5.48 Å². The average Bonchev–Trinajstić information content (AvgIpc) is 3.57. The molecule has 0 unspecified atom stereocenters. The molecule has 0 saturated heterocycles. The van der Waals surface area contributed by atoms with Gasteiger partial charge in [0.25, 0.3) is 0 Å². The van der Waals surface area contributed by atoms with Crippen molar-refractivity contribution in [3.05, 3.63) is 204 Å². The highest BCUT2D eigenvalue weighted by atomic mass is 28.3. The Morgan fingerprint density at radius 1 is 0.434 bits per heavy atom. The van der Waals surface area contributed by atoms with Crippen LogP contribution in [0.15, 0.2) is 182 Å². The summed E-state index contributed by atoms with van der Waals surface area (Å²) in [6.07, 6.45) is 0. The monoisotopic (exact) mass is 701 g/mol. The zero-order valence-electron chi connectivity index (χ0n) is 33.9. The summed E-state index contributed by atoms with van der Waals surface area (Å²) in [4.78, 5) is 14.9. The van der Waals surface area contributed by atoms with E-state index in [-0.39, 0.29) is 24.2 Å². The lowest BCUT2D eigenvalue weighted by Crippen LogP contribution is -2.37. The van der Waals surface area contributed by atoms with E-state index in [1.54, 1.807) is 0 Å². The van der Waals surface area contributed by atoms with Crippen LogP contribution < -0.4 is 5.19 Å². The van der Waals surface area contributed by atoms with Crippen molar-refractivity contribution in [3.63, 3.8) is 0 Å². The van der Waals surface area contributed by atoms with Crippen molar-refractivity contribution in [3.8, 4) is 56.4 Å². The molecular formula is C49H39N3Si. The molecule has 1 aliphatic carbocycles. The van der Waals surface area contributed by atoms with Gasteiger partial charge in [-0.05, 0) is 50.6 Å². The fraction of sp³-hybridized carbons (Fsp3) is 0.0816. The second-order valence-electron chi connectivity index (χ2n) is 14.6. The molecular weight excluding hydrogens is 659 g/mol. The molecule has 53 heavy (non-hydrogen) atoms. The van der Waals surface area contributed by atoms with E-state index in [4.69, 9.17) is 19.1 Å². The Balaban J connectivity index is 1.19. The van der Waals surface area contributed by atoms with Gasteiger partial charge < -0.3 is 0 Å². The Hall–Kier alpha value is -6.23. The summed E-state index contributed by atoms with van der Waals surface area (Å²) in [5.74, 6) is 1.81. The Morgan fingerprint density at radius 3 is 1.43 bits per heavy atom. The van der Waals surface area contributed by atoms with Crippen molar-refractivity contribution >= 4 is 13.3 Å². The topological polar surface area (TPSA) is 38.7 Å². The zero-order valence-corrected chi connectivity index (χ0v) is 30.9. The average molecular weight is 702 g/mol. The Kier molecular flexibility index (Phi) is 7.00. The second kappa shape index (κ2) is 13.1. The lowest BCUT2D eigenvalue weighted by Gasteiger charge is -2.34. The molecule has 8 aromatic rings. The molecule has 1 aliphatic rings. The van der Waals surface area contributed by atoms with E-state index in [2.05, 4.69) is 86.4 Å². The van der Waals surface area contributed by atoms with Crippen LogP contribution in [-0.4, -0.2) is 23.0 Å². The summed E-state index contributed by atoms with van der Waals surface area (Å²) < 4.78 is 35.9. The standard InChI is InChI=1S/C49H39N3Si/c1-53(2,3)41-30-27-37(28-31-41)48-51-46(35-15-7-4-8-16-35)50-47(52-48)36-25-23-34(24-26-36)38-29-32-43-42-21-13-14-22-44(42)49(45(43)33-38,39-17-9-5-10-18-39)40-19-11-6-12-20-40/h4-33H,1-3H3/i13D,14D,21D,22D. The molecule has 1 aromatic heterocycles. The molecule has 3 nitrogen and oxygen atoms in total. The molecule has 0 saturated carbocycles. The van der Waals surface area contributed by atoms with Crippen LogP contribution in [0.3, 0.4) is 0 Å². The summed E-state index contributed by atoms with van der Waals surface area (Å²) in [5.41, 5.74) is 8.37. The molecule has 0 N–H and O–H groups in total. The SMILES string of the molecule is [2H]c1c([2H])c([2H])c2c(c1[2H])-c1ccc(-c3ccc(-c4nc(-c5ccccc5)nc(-c5ccc([Si](C)(C)C)cc5)n4)cc3)cc1C2(c1ccccc1)c1ccccc1. The maximum atomic E-state index is 9.34. The zero-order chi connectivity index (χ0) is 39.5. The van der Waals surface area contributed by atoms with Crippen LogP contribution in [0.2, 0.25) is 19.6 Å². The van der Waals surface area contributed by atoms with Crippen LogP contribution in [0.25, 0.3) is 56.4 Å². The first-order valence-corrected chi connectivity index (χ1v) is 21.5. The minimum absolute atomic E-state index is 0.0283. The van der Waals surface area contributed by atoms with Gasteiger partial charge in [-0.15, -0.1) is 0 Å². The first-order chi connectivity index (χ1) is 27.6. The van der Waals surface area contributed by atoms with Crippen LogP contribution in [-0.2, 0) is 5.41 Å². The number of nitrogens with zero attached hydrogens (tertiary/aromatic N) is 3. The fourth-order valence-electron chi connectivity index (χ4n) is 7.61. The molecule has 9 rings (SSSR count). The van der Waals surface area contributed by atoms with Gasteiger partial charge in [-0.25, -0.2) is 15.0 Å². The van der Waals surface area contributed by atoms with Gasteiger partial charge in [0.05, 0.1) is 19.0 Å². The Morgan fingerprint density at radius 2 is 0.887 bits per heavy atom. The Labute approximate surface area is 318 Å². The van der Waals surface area contributed by atoms with Crippen LogP contribution in [0.4, 0.5) is 0 Å².